The highest BCUT2D eigenvalue weighted by Gasteiger charge is 2.82. The second-order valence-electron chi connectivity index (χ2n) is 11.8. The smallest absolute Gasteiger partial charge is 0.417 e. The highest BCUT2D eigenvalue weighted by atomic mass is 35.5. The molecule has 9 nitrogen and oxygen atoms in total. The van der Waals surface area contributed by atoms with Gasteiger partial charge in [0.15, 0.2) is 6.20 Å². The molecule has 0 saturated heterocycles. The van der Waals surface area contributed by atoms with Gasteiger partial charge >= 0.3 is 12.1 Å². The molecule has 2 saturated carbocycles. The summed E-state index contributed by atoms with van der Waals surface area (Å²) in [5.74, 6) is -0.418. The summed E-state index contributed by atoms with van der Waals surface area (Å²) in [6, 6.07) is 11.6. The first kappa shape index (κ1) is 31.7. The highest BCUT2D eigenvalue weighted by molar-refractivity contribution is 7.94. The number of anilines is 2. The number of aromatic nitrogens is 1. The Labute approximate surface area is 258 Å². The number of pyridine rings is 1. The van der Waals surface area contributed by atoms with Gasteiger partial charge in [-0.2, -0.15) is 17.9 Å². The Bertz CT molecular complexity index is 1700. The molecule has 1 heterocycles. The van der Waals surface area contributed by atoms with Gasteiger partial charge in [-0.1, -0.05) is 32.4 Å². The Morgan fingerprint density at radius 1 is 1.05 bits per heavy atom. The summed E-state index contributed by atoms with van der Waals surface area (Å²) in [4.78, 5) is 11.9. The molecular formula is C30H32ClF3N4O5S. The molecule has 4 unspecified atom stereocenters. The van der Waals surface area contributed by atoms with Gasteiger partial charge in [-0.15, -0.1) is 0 Å². The number of sulfonamides is 1. The molecule has 14 heteroatoms. The average Bonchev–Trinajstić information content (AvgIpc) is 3.48. The summed E-state index contributed by atoms with van der Waals surface area (Å²) in [6.45, 7) is 5.66. The number of nitrogens with one attached hydrogen (secondary N) is 3. The van der Waals surface area contributed by atoms with Gasteiger partial charge in [-0.25, -0.2) is 8.42 Å². The fourth-order valence-corrected chi connectivity index (χ4v) is 9.86. The number of nitrogens with zero attached hydrogens (tertiary/aromatic N) is 1. The van der Waals surface area contributed by atoms with Crippen LogP contribution in [0.1, 0.15) is 49.7 Å². The lowest BCUT2D eigenvalue weighted by Gasteiger charge is -2.39. The van der Waals surface area contributed by atoms with E-state index in [1.54, 1.807) is 0 Å². The first-order chi connectivity index (χ1) is 20.5. The number of fused-ring (bicyclic) bond motifs is 1. The van der Waals surface area contributed by atoms with Gasteiger partial charge < -0.3 is 20.6 Å². The minimum atomic E-state index is -4.67. The number of alkyl halides is 3. The van der Waals surface area contributed by atoms with E-state index in [1.165, 1.54) is 49.5 Å². The van der Waals surface area contributed by atoms with Crippen LogP contribution in [-0.2, 0) is 16.2 Å². The summed E-state index contributed by atoms with van der Waals surface area (Å²) in [5, 5.41) is 17.0. The average molecular weight is 653 g/mol. The summed E-state index contributed by atoms with van der Waals surface area (Å²) < 4.78 is 76.8. The lowest BCUT2D eigenvalue weighted by atomic mass is 9.84. The molecule has 1 amide bonds. The van der Waals surface area contributed by atoms with E-state index in [2.05, 4.69) is 15.4 Å². The van der Waals surface area contributed by atoms with Gasteiger partial charge in [0.25, 0.3) is 5.69 Å². The predicted octanol–water partition coefficient (Wildman–Crippen LogP) is 6.19. The van der Waals surface area contributed by atoms with E-state index in [-0.39, 0.29) is 34.7 Å². The fourth-order valence-electron chi connectivity index (χ4n) is 6.83. The molecule has 2 aromatic carbocycles. The Morgan fingerprint density at radius 3 is 2.34 bits per heavy atom. The maximum Gasteiger partial charge on any atom is 0.417 e. The maximum absolute atomic E-state index is 14.2. The lowest BCUT2D eigenvalue weighted by Crippen LogP contribution is -2.53. The standard InChI is InChI=1S/C30H32ClF3N4O5S/c1-17-5-12-25-28(2,3)29(25,26(17)36-19-8-11-23(31)22(15-19)30(32,33)34)44(41,42)37-18-6-9-20(10-7-18)43-21-13-14-38(40)24(16-21)27(39)35-4/h6-11,13-17,25-26,36-37H,5,12H2,1-4H3,(H,35,39). The third kappa shape index (κ3) is 5.29. The number of carbonyl (C=O) groups excluding carboxylic acids is 1. The van der Waals surface area contributed by atoms with Crippen LogP contribution >= 0.6 is 11.6 Å². The summed E-state index contributed by atoms with van der Waals surface area (Å²) in [6.07, 6.45) is -2.16. The SMILES string of the molecule is CNC(=O)c1cc(Oc2ccc(NS(=O)(=O)C34C(Nc5ccc(Cl)c(C(F)(F)F)c5)C(C)CCC3C4(C)C)cc2)cc[n+]1[O-]. The third-order valence-corrected chi connectivity index (χ3v) is 11.8. The monoisotopic (exact) mass is 652 g/mol. The summed E-state index contributed by atoms with van der Waals surface area (Å²) in [5.41, 5.74) is -1.41. The van der Waals surface area contributed by atoms with Crippen LogP contribution in [0, 0.1) is 22.5 Å². The van der Waals surface area contributed by atoms with Gasteiger partial charge in [0.05, 0.1) is 22.7 Å². The Kier molecular flexibility index (Phi) is 7.94. The minimum absolute atomic E-state index is 0.140. The quantitative estimate of drug-likeness (QED) is 0.197. The Hall–Kier alpha value is -3.71. The van der Waals surface area contributed by atoms with Gasteiger partial charge in [-0.3, -0.25) is 9.52 Å². The topological polar surface area (TPSA) is 123 Å². The number of carbonyl (C=O) groups is 1. The first-order valence-corrected chi connectivity index (χ1v) is 15.8. The molecule has 4 atom stereocenters. The maximum atomic E-state index is 14.2. The van der Waals surface area contributed by atoms with Crippen LogP contribution in [0.15, 0.2) is 60.8 Å². The zero-order valence-corrected chi connectivity index (χ0v) is 25.9. The van der Waals surface area contributed by atoms with Crippen LogP contribution in [0.3, 0.4) is 0 Å². The van der Waals surface area contributed by atoms with Gasteiger partial charge in [0.1, 0.15) is 16.2 Å². The van der Waals surface area contributed by atoms with E-state index in [1.807, 2.05) is 20.8 Å². The molecule has 1 aromatic heterocycles. The molecule has 0 spiro atoms. The molecule has 2 aliphatic rings. The third-order valence-electron chi connectivity index (χ3n) is 8.99. The van der Waals surface area contributed by atoms with Gasteiger partial charge in [0, 0.05) is 24.5 Å². The van der Waals surface area contributed by atoms with Crippen molar-refractivity contribution in [2.24, 2.45) is 17.3 Å². The molecule has 3 N–H and O–H groups in total. The first-order valence-electron chi connectivity index (χ1n) is 13.9. The number of hydrogen-bond donors (Lipinski definition) is 3. The van der Waals surface area contributed by atoms with Crippen molar-refractivity contribution in [2.45, 2.75) is 50.6 Å². The van der Waals surface area contributed by atoms with E-state index in [9.17, 15) is 31.6 Å². The van der Waals surface area contributed by atoms with Crippen molar-refractivity contribution >= 4 is 38.9 Å². The number of ether oxygens (including phenoxy) is 1. The van der Waals surface area contributed by atoms with Crippen molar-refractivity contribution < 1.29 is 35.9 Å². The molecule has 5 rings (SSSR count). The van der Waals surface area contributed by atoms with E-state index < -0.39 is 48.9 Å². The Balaban J connectivity index is 1.40. The number of benzene rings is 2. The second kappa shape index (κ2) is 11.0. The molecule has 0 radical (unpaired) electrons. The summed E-state index contributed by atoms with van der Waals surface area (Å²) in [7, 11) is -2.70. The minimum Gasteiger partial charge on any atom is -0.618 e. The largest absolute Gasteiger partial charge is 0.618 e. The Morgan fingerprint density at radius 2 is 1.70 bits per heavy atom. The molecule has 236 valence electrons. The number of amides is 1. The zero-order chi connectivity index (χ0) is 32.2. The van der Waals surface area contributed by atoms with Crippen LogP contribution in [0.5, 0.6) is 11.5 Å². The van der Waals surface area contributed by atoms with Crippen molar-refractivity contribution in [2.75, 3.05) is 17.1 Å². The molecule has 44 heavy (non-hydrogen) atoms. The molecular weight excluding hydrogens is 621 g/mol. The predicted molar refractivity (Wildman–Crippen MR) is 160 cm³/mol. The fraction of sp³-hybridized carbons (Fsp3) is 0.400. The molecule has 2 fully saturated rings. The van der Waals surface area contributed by atoms with Crippen molar-refractivity contribution in [3.05, 3.63) is 82.3 Å². The zero-order valence-electron chi connectivity index (χ0n) is 24.3. The number of hydrogen-bond acceptors (Lipinski definition) is 6. The lowest BCUT2D eigenvalue weighted by molar-refractivity contribution is -0.607. The van der Waals surface area contributed by atoms with Gasteiger partial charge in [-0.05, 0) is 72.6 Å². The van der Waals surface area contributed by atoms with Gasteiger partial charge in [0.2, 0.25) is 10.0 Å². The second-order valence-corrected chi connectivity index (χ2v) is 14.1. The molecule has 2 aliphatic carbocycles. The van der Waals surface area contributed by atoms with Crippen LogP contribution < -0.4 is 24.8 Å². The molecule has 0 aliphatic heterocycles. The van der Waals surface area contributed by atoms with E-state index >= 15 is 0 Å². The van der Waals surface area contributed by atoms with Crippen molar-refractivity contribution in [3.63, 3.8) is 0 Å². The van der Waals surface area contributed by atoms with E-state index in [0.29, 0.717) is 23.3 Å². The van der Waals surface area contributed by atoms with E-state index in [4.69, 9.17) is 16.3 Å². The normalized spacial score (nSPS) is 24.1. The molecule has 3 aromatic rings. The van der Waals surface area contributed by atoms with Crippen molar-refractivity contribution in [1.82, 2.24) is 5.32 Å². The van der Waals surface area contributed by atoms with Crippen LogP contribution in [0.4, 0.5) is 24.5 Å². The van der Waals surface area contributed by atoms with Crippen LogP contribution in [-0.4, -0.2) is 32.2 Å². The number of halogens is 4. The summed E-state index contributed by atoms with van der Waals surface area (Å²) >= 11 is 5.82. The number of rotatable bonds is 8. The molecule has 0 bridgehead atoms. The van der Waals surface area contributed by atoms with E-state index in [0.717, 1.165) is 18.3 Å². The van der Waals surface area contributed by atoms with Crippen LogP contribution in [0.2, 0.25) is 5.02 Å². The highest BCUT2D eigenvalue weighted by Crippen LogP contribution is 2.73. The van der Waals surface area contributed by atoms with Crippen molar-refractivity contribution in [1.29, 1.82) is 0 Å². The van der Waals surface area contributed by atoms with Crippen molar-refractivity contribution in [3.8, 4) is 11.5 Å². The van der Waals surface area contributed by atoms with Crippen LogP contribution in [0.25, 0.3) is 0 Å².